The Balaban J connectivity index is 1.86. The van der Waals surface area contributed by atoms with Gasteiger partial charge in [-0.25, -0.2) is 0 Å². The van der Waals surface area contributed by atoms with Gasteiger partial charge in [0.05, 0.1) is 5.39 Å². The van der Waals surface area contributed by atoms with Crippen LogP contribution in [0.15, 0.2) is 10.9 Å². The van der Waals surface area contributed by atoms with E-state index in [2.05, 4.69) is 15.0 Å². The smallest absolute Gasteiger partial charge is 0.303 e. The van der Waals surface area contributed by atoms with Gasteiger partial charge in [-0.05, 0) is 25.3 Å². The Bertz CT molecular complexity index is 659. The number of H-pyrrole nitrogens is 2. The van der Waals surface area contributed by atoms with Crippen molar-refractivity contribution in [2.75, 3.05) is 5.73 Å². The Labute approximate surface area is 115 Å². The van der Waals surface area contributed by atoms with Gasteiger partial charge in [-0.2, -0.15) is 4.98 Å². The molecule has 0 aliphatic heterocycles. The van der Waals surface area contributed by atoms with Gasteiger partial charge in [0.2, 0.25) is 5.95 Å². The van der Waals surface area contributed by atoms with E-state index in [0.717, 1.165) is 31.4 Å². The zero-order valence-electron chi connectivity index (χ0n) is 11.1. The number of carbonyl (C=O) groups is 1. The summed E-state index contributed by atoms with van der Waals surface area (Å²) in [4.78, 5) is 31.6. The van der Waals surface area contributed by atoms with E-state index in [-0.39, 0.29) is 17.9 Å². The number of rotatable bonds is 7. The van der Waals surface area contributed by atoms with Gasteiger partial charge >= 0.3 is 5.97 Å². The molecular weight excluding hydrogens is 260 g/mol. The van der Waals surface area contributed by atoms with Crippen LogP contribution in [0.5, 0.6) is 0 Å². The third-order valence-corrected chi connectivity index (χ3v) is 3.16. The first-order valence-electron chi connectivity index (χ1n) is 6.65. The summed E-state index contributed by atoms with van der Waals surface area (Å²) < 4.78 is 0. The molecule has 0 radical (unpaired) electrons. The van der Waals surface area contributed by atoms with Gasteiger partial charge in [-0.15, -0.1) is 0 Å². The van der Waals surface area contributed by atoms with Crippen LogP contribution in [0.2, 0.25) is 0 Å². The first-order chi connectivity index (χ1) is 9.56. The number of unbranched alkanes of at least 4 members (excludes halogenated alkanes) is 3. The molecule has 0 aliphatic rings. The number of carboxylic acids is 1. The number of aromatic amines is 2. The first-order valence-corrected chi connectivity index (χ1v) is 6.65. The summed E-state index contributed by atoms with van der Waals surface area (Å²) in [5.74, 6) is -0.645. The second-order valence-corrected chi connectivity index (χ2v) is 4.82. The Hall–Kier alpha value is -2.31. The van der Waals surface area contributed by atoms with Gasteiger partial charge in [0.15, 0.2) is 0 Å². The van der Waals surface area contributed by atoms with Gasteiger partial charge < -0.3 is 15.8 Å². The summed E-state index contributed by atoms with van der Waals surface area (Å²) >= 11 is 0. The van der Waals surface area contributed by atoms with Crippen molar-refractivity contribution in [2.24, 2.45) is 0 Å². The van der Waals surface area contributed by atoms with Gasteiger partial charge in [-0.1, -0.05) is 12.8 Å². The van der Waals surface area contributed by atoms with Crippen molar-refractivity contribution >= 4 is 23.0 Å². The van der Waals surface area contributed by atoms with E-state index in [9.17, 15) is 9.59 Å². The number of aliphatic carboxylic acids is 1. The maximum absolute atomic E-state index is 11.6. The van der Waals surface area contributed by atoms with E-state index >= 15 is 0 Å². The summed E-state index contributed by atoms with van der Waals surface area (Å²) in [6.07, 6.45) is 4.56. The first kappa shape index (κ1) is 14.1. The molecule has 0 saturated carbocycles. The number of aryl methyl sites for hydroxylation is 1. The fraction of sp³-hybridized carbons (Fsp3) is 0.462. The molecule has 0 saturated heterocycles. The van der Waals surface area contributed by atoms with Crippen LogP contribution in [-0.2, 0) is 11.2 Å². The molecule has 0 fully saturated rings. The lowest BCUT2D eigenvalue weighted by Gasteiger charge is -1.98. The van der Waals surface area contributed by atoms with E-state index in [0.29, 0.717) is 17.5 Å². The Morgan fingerprint density at radius 1 is 1.25 bits per heavy atom. The van der Waals surface area contributed by atoms with Crippen LogP contribution in [0.1, 0.15) is 37.8 Å². The number of carboxylic acid groups (broad SMARTS) is 1. The number of nitrogen functional groups attached to an aromatic ring is 1. The van der Waals surface area contributed by atoms with Crippen molar-refractivity contribution in [1.29, 1.82) is 0 Å². The third-order valence-electron chi connectivity index (χ3n) is 3.16. The van der Waals surface area contributed by atoms with Crippen LogP contribution < -0.4 is 11.3 Å². The van der Waals surface area contributed by atoms with Gasteiger partial charge in [0, 0.05) is 12.1 Å². The largest absolute Gasteiger partial charge is 0.481 e. The number of nitrogens with two attached hydrogens (primary N) is 1. The highest BCUT2D eigenvalue weighted by atomic mass is 16.4. The molecule has 2 heterocycles. The predicted molar refractivity (Wildman–Crippen MR) is 75.6 cm³/mol. The molecule has 20 heavy (non-hydrogen) atoms. The molecule has 0 spiro atoms. The van der Waals surface area contributed by atoms with E-state index in [1.807, 2.05) is 0 Å². The minimum Gasteiger partial charge on any atom is -0.481 e. The number of anilines is 1. The number of nitrogens with one attached hydrogen (secondary N) is 2. The fourth-order valence-electron chi connectivity index (χ4n) is 2.17. The average molecular weight is 278 g/mol. The molecule has 0 aromatic carbocycles. The molecule has 0 atom stereocenters. The maximum Gasteiger partial charge on any atom is 0.303 e. The minimum absolute atomic E-state index is 0.101. The van der Waals surface area contributed by atoms with Crippen molar-refractivity contribution in [2.45, 2.75) is 38.5 Å². The van der Waals surface area contributed by atoms with Crippen LogP contribution >= 0.6 is 0 Å². The summed E-state index contributed by atoms with van der Waals surface area (Å²) in [5.41, 5.74) is 6.69. The molecule has 0 aliphatic carbocycles. The van der Waals surface area contributed by atoms with Gasteiger partial charge in [-0.3, -0.25) is 14.6 Å². The number of aromatic nitrogens is 3. The van der Waals surface area contributed by atoms with E-state index < -0.39 is 5.97 Å². The highest BCUT2D eigenvalue weighted by Crippen LogP contribution is 2.13. The number of nitrogens with zero attached hydrogens (tertiary/aromatic N) is 1. The fourth-order valence-corrected chi connectivity index (χ4v) is 2.17. The standard InChI is InChI=1S/C13H18N4O3/c14-13-16-11-9(12(20)17-13)7-8(15-11)5-3-1-2-4-6-10(18)19/h7H,1-6H2,(H,18,19)(H4,14,15,16,17,20). The lowest BCUT2D eigenvalue weighted by atomic mass is 10.1. The van der Waals surface area contributed by atoms with Crippen molar-refractivity contribution < 1.29 is 9.90 Å². The van der Waals surface area contributed by atoms with Crippen molar-refractivity contribution in [3.8, 4) is 0 Å². The molecule has 7 heteroatoms. The second-order valence-electron chi connectivity index (χ2n) is 4.82. The summed E-state index contributed by atoms with van der Waals surface area (Å²) in [7, 11) is 0. The normalized spacial score (nSPS) is 11.0. The molecule has 108 valence electrons. The lowest BCUT2D eigenvalue weighted by Crippen LogP contribution is -2.09. The number of hydrogen-bond donors (Lipinski definition) is 4. The van der Waals surface area contributed by atoms with E-state index in [4.69, 9.17) is 10.8 Å². The molecule has 5 N–H and O–H groups in total. The monoisotopic (exact) mass is 278 g/mol. The Morgan fingerprint density at radius 3 is 2.75 bits per heavy atom. The highest BCUT2D eigenvalue weighted by molar-refractivity contribution is 5.76. The van der Waals surface area contributed by atoms with Crippen LogP contribution in [0.3, 0.4) is 0 Å². The molecule has 0 bridgehead atoms. The summed E-state index contributed by atoms with van der Waals surface area (Å²) in [6, 6.07) is 1.79. The molecular formula is C13H18N4O3. The minimum atomic E-state index is -0.747. The highest BCUT2D eigenvalue weighted by Gasteiger charge is 2.06. The molecule has 7 nitrogen and oxygen atoms in total. The van der Waals surface area contributed by atoms with Crippen LogP contribution in [0.25, 0.3) is 11.0 Å². The van der Waals surface area contributed by atoms with E-state index in [1.54, 1.807) is 6.07 Å². The second kappa shape index (κ2) is 6.23. The van der Waals surface area contributed by atoms with Crippen LogP contribution in [0, 0.1) is 0 Å². The number of hydrogen-bond acceptors (Lipinski definition) is 4. The van der Waals surface area contributed by atoms with Crippen molar-refractivity contribution in [3.63, 3.8) is 0 Å². The molecule has 2 rings (SSSR count). The van der Waals surface area contributed by atoms with Crippen LogP contribution in [0.4, 0.5) is 5.95 Å². The SMILES string of the molecule is Nc1nc2[nH]c(CCCCCCC(=O)O)cc2c(=O)[nH]1. The lowest BCUT2D eigenvalue weighted by molar-refractivity contribution is -0.137. The van der Waals surface area contributed by atoms with Crippen LogP contribution in [-0.4, -0.2) is 26.0 Å². The molecule has 2 aromatic heterocycles. The maximum atomic E-state index is 11.6. The zero-order valence-corrected chi connectivity index (χ0v) is 11.1. The molecule has 0 unspecified atom stereocenters. The predicted octanol–water partition coefficient (Wildman–Crippen LogP) is 1.41. The molecule has 2 aromatic rings. The van der Waals surface area contributed by atoms with Gasteiger partial charge in [0.1, 0.15) is 5.65 Å². The zero-order chi connectivity index (χ0) is 14.5. The van der Waals surface area contributed by atoms with Gasteiger partial charge in [0.25, 0.3) is 5.56 Å². The number of fused-ring (bicyclic) bond motifs is 1. The molecule has 0 amide bonds. The van der Waals surface area contributed by atoms with Crippen molar-refractivity contribution in [1.82, 2.24) is 15.0 Å². The van der Waals surface area contributed by atoms with E-state index in [1.165, 1.54) is 0 Å². The quantitative estimate of drug-likeness (QED) is 0.570. The summed E-state index contributed by atoms with van der Waals surface area (Å²) in [5, 5.41) is 9.04. The Kier molecular flexibility index (Phi) is 4.39. The summed E-state index contributed by atoms with van der Waals surface area (Å²) in [6.45, 7) is 0. The average Bonchev–Trinajstić information content (AvgIpc) is 2.76. The topological polar surface area (TPSA) is 125 Å². The third kappa shape index (κ3) is 3.59. The Morgan fingerprint density at radius 2 is 2.00 bits per heavy atom. The van der Waals surface area contributed by atoms with Crippen molar-refractivity contribution in [3.05, 3.63) is 22.1 Å².